The van der Waals surface area contributed by atoms with E-state index in [1.807, 2.05) is 0 Å². The summed E-state index contributed by atoms with van der Waals surface area (Å²) in [4.78, 5) is 10.6. The molecule has 0 fully saturated rings. The second-order valence-corrected chi connectivity index (χ2v) is 14.4. The molecule has 2 aromatic carbocycles. The van der Waals surface area contributed by atoms with Gasteiger partial charge in [0, 0.05) is 12.4 Å². The Labute approximate surface area is 205 Å². The lowest BCUT2D eigenvalue weighted by molar-refractivity contribution is 0.417. The molecule has 34 heavy (non-hydrogen) atoms. The minimum Gasteiger partial charge on any atom is -0.495 e. The maximum atomic E-state index is 12.9. The van der Waals surface area contributed by atoms with Crippen molar-refractivity contribution in [2.75, 3.05) is 37.7 Å². The van der Waals surface area contributed by atoms with Crippen molar-refractivity contribution >= 4 is 57.0 Å². The second kappa shape index (κ2) is 9.94. The zero-order valence-corrected chi connectivity index (χ0v) is 22.4. The number of benzene rings is 2. The molecule has 0 aliphatic rings. The zero-order chi connectivity index (χ0) is 25.3. The van der Waals surface area contributed by atoms with Gasteiger partial charge in [-0.15, -0.1) is 0 Å². The van der Waals surface area contributed by atoms with E-state index in [1.54, 1.807) is 81.6 Å². The van der Waals surface area contributed by atoms with Crippen LogP contribution in [0.3, 0.4) is 0 Å². The largest absolute Gasteiger partial charge is 0.495 e. The summed E-state index contributed by atoms with van der Waals surface area (Å²) in [6.07, 6.45) is 1.44. The second-order valence-electron chi connectivity index (χ2n) is 8.35. The van der Waals surface area contributed by atoms with Gasteiger partial charge in [0.1, 0.15) is 17.9 Å². The lowest BCUT2D eigenvalue weighted by Gasteiger charge is -2.23. The van der Waals surface area contributed by atoms with E-state index in [0.29, 0.717) is 28.2 Å². The van der Waals surface area contributed by atoms with Gasteiger partial charge in [0.25, 0.3) is 0 Å². The number of ether oxygens (including phenoxy) is 1. The Morgan fingerprint density at radius 1 is 1.15 bits per heavy atom. The topological polar surface area (TPSA) is 101 Å². The van der Waals surface area contributed by atoms with E-state index < -0.39 is 22.2 Å². The molecule has 1 N–H and O–H groups in total. The number of sulfone groups is 1. The molecule has 0 unspecified atom stereocenters. The number of hydrogen-bond acceptors (Lipinski definition) is 8. The van der Waals surface area contributed by atoms with Crippen molar-refractivity contribution in [1.82, 2.24) is 9.97 Å². The lowest BCUT2D eigenvalue weighted by atomic mass is 10.3. The van der Waals surface area contributed by atoms with Crippen LogP contribution in [0.2, 0.25) is 5.02 Å². The molecule has 0 radical (unpaired) electrons. The molecule has 0 saturated heterocycles. The van der Waals surface area contributed by atoms with E-state index in [-0.39, 0.29) is 15.9 Å². The molecule has 0 aliphatic heterocycles. The van der Waals surface area contributed by atoms with Crippen LogP contribution in [0.1, 0.15) is 13.8 Å². The van der Waals surface area contributed by atoms with Gasteiger partial charge < -0.3 is 19.5 Å². The number of anilines is 4. The van der Waals surface area contributed by atoms with Crippen LogP contribution in [-0.4, -0.2) is 51.1 Å². The Balaban J connectivity index is 2.01. The summed E-state index contributed by atoms with van der Waals surface area (Å²) in [7, 11) is -2.78. The highest BCUT2D eigenvalue weighted by Gasteiger charge is 2.25. The van der Waals surface area contributed by atoms with Crippen LogP contribution in [-0.2, 0) is 14.4 Å². The van der Waals surface area contributed by atoms with Gasteiger partial charge in [-0.1, -0.05) is 23.7 Å². The first-order chi connectivity index (χ1) is 15.9. The minimum atomic E-state index is -3.54. The molecule has 3 rings (SSSR count). The first-order valence-corrected chi connectivity index (χ1v) is 15.0. The van der Waals surface area contributed by atoms with Gasteiger partial charge >= 0.3 is 0 Å². The van der Waals surface area contributed by atoms with Gasteiger partial charge in [-0.05, 0) is 57.5 Å². The molecular formula is C23H28ClN4O4PS. The van der Waals surface area contributed by atoms with E-state index in [1.165, 1.54) is 13.3 Å². The average molecular weight is 523 g/mol. The van der Waals surface area contributed by atoms with Crippen LogP contribution < -0.4 is 20.3 Å². The van der Waals surface area contributed by atoms with Gasteiger partial charge in [-0.2, -0.15) is 4.98 Å². The number of hydrogen-bond donors (Lipinski definition) is 1. The molecule has 182 valence electrons. The molecule has 1 aromatic heterocycles. The van der Waals surface area contributed by atoms with E-state index in [2.05, 4.69) is 15.3 Å². The number of rotatable bonds is 8. The van der Waals surface area contributed by atoms with Gasteiger partial charge in [0.2, 0.25) is 5.95 Å². The fourth-order valence-electron chi connectivity index (χ4n) is 3.24. The summed E-state index contributed by atoms with van der Waals surface area (Å²) in [6, 6.07) is 12.0. The molecule has 0 aliphatic carbocycles. The van der Waals surface area contributed by atoms with Crippen molar-refractivity contribution in [3.63, 3.8) is 0 Å². The fourth-order valence-corrected chi connectivity index (χ4v) is 5.59. The van der Waals surface area contributed by atoms with Crippen molar-refractivity contribution in [1.29, 1.82) is 0 Å². The Hall–Kier alpha value is -2.61. The van der Waals surface area contributed by atoms with Gasteiger partial charge in [0.05, 0.1) is 34.8 Å². The summed E-state index contributed by atoms with van der Waals surface area (Å²) >= 11 is 6.40. The third-order valence-corrected chi connectivity index (χ3v) is 9.24. The van der Waals surface area contributed by atoms with Crippen LogP contribution in [0.5, 0.6) is 5.75 Å². The van der Waals surface area contributed by atoms with Gasteiger partial charge in [-0.25, -0.2) is 13.4 Å². The number of methoxy groups -OCH3 is 1. The maximum Gasteiger partial charge on any atom is 0.229 e. The molecular weight excluding hydrogens is 495 g/mol. The molecule has 11 heteroatoms. The minimum absolute atomic E-state index is 0.192. The summed E-state index contributed by atoms with van der Waals surface area (Å²) < 4.78 is 43.7. The third kappa shape index (κ3) is 5.37. The Bertz CT molecular complexity index is 1360. The van der Waals surface area contributed by atoms with E-state index in [9.17, 15) is 13.0 Å². The quantitative estimate of drug-likeness (QED) is 0.409. The summed E-state index contributed by atoms with van der Waals surface area (Å²) in [6.45, 7) is 6.66. The Morgan fingerprint density at radius 3 is 2.44 bits per heavy atom. The maximum absolute atomic E-state index is 12.9. The van der Waals surface area contributed by atoms with E-state index in [0.717, 1.165) is 0 Å². The zero-order valence-electron chi connectivity index (χ0n) is 19.9. The molecule has 1 heterocycles. The van der Waals surface area contributed by atoms with Crippen molar-refractivity contribution in [3.05, 3.63) is 53.7 Å². The number of nitrogens with one attached hydrogen (secondary N) is 1. The van der Waals surface area contributed by atoms with Crippen molar-refractivity contribution in [3.8, 4) is 5.75 Å². The van der Waals surface area contributed by atoms with Crippen molar-refractivity contribution in [2.45, 2.75) is 24.0 Å². The summed E-state index contributed by atoms with van der Waals surface area (Å²) in [5, 5.41) is 3.46. The van der Waals surface area contributed by atoms with Gasteiger partial charge in [0.15, 0.2) is 15.7 Å². The van der Waals surface area contributed by atoms with Crippen molar-refractivity contribution in [2.24, 2.45) is 0 Å². The standard InChI is InChI=1S/C23H28ClN4O4PS/c1-15(2)34(30,31)21-10-8-7-9-19(21)28(3)22-17(24)14-25-23(27-22)26-18-12-11-16(33(5,6)29)13-20(18)32-4/h7-15H,1-6H3,(H,25,26,27). The number of halogens is 1. The number of aromatic nitrogens is 2. The first kappa shape index (κ1) is 26.0. The van der Waals surface area contributed by atoms with Crippen LogP contribution in [0.25, 0.3) is 0 Å². The predicted octanol–water partition coefficient (Wildman–Crippen LogP) is 5.08. The van der Waals surface area contributed by atoms with Crippen LogP contribution in [0, 0.1) is 0 Å². The van der Waals surface area contributed by atoms with Gasteiger partial charge in [-0.3, -0.25) is 0 Å². The number of nitrogens with zero attached hydrogens (tertiary/aromatic N) is 3. The number of para-hydroxylation sites is 1. The summed E-state index contributed by atoms with van der Waals surface area (Å²) in [5.74, 6) is 1.05. The lowest BCUT2D eigenvalue weighted by Crippen LogP contribution is -2.20. The molecule has 0 bridgehead atoms. The first-order valence-electron chi connectivity index (χ1n) is 10.5. The summed E-state index contributed by atoms with van der Waals surface area (Å²) in [5.41, 5.74) is 1.03. The highest BCUT2D eigenvalue weighted by atomic mass is 35.5. The Morgan fingerprint density at radius 2 is 1.82 bits per heavy atom. The smallest absolute Gasteiger partial charge is 0.229 e. The van der Waals surface area contributed by atoms with Crippen LogP contribution >= 0.6 is 18.7 Å². The fraction of sp³-hybridized carbons (Fsp3) is 0.304. The average Bonchev–Trinajstić information content (AvgIpc) is 2.79. The highest BCUT2D eigenvalue weighted by Crippen LogP contribution is 2.38. The van der Waals surface area contributed by atoms with Crippen LogP contribution in [0.4, 0.5) is 23.1 Å². The monoisotopic (exact) mass is 522 g/mol. The van der Waals surface area contributed by atoms with E-state index >= 15 is 0 Å². The molecule has 0 atom stereocenters. The van der Waals surface area contributed by atoms with Crippen molar-refractivity contribution < 1.29 is 17.7 Å². The molecule has 0 amide bonds. The highest BCUT2D eigenvalue weighted by molar-refractivity contribution is 7.92. The molecule has 3 aromatic rings. The molecule has 0 saturated carbocycles. The Kier molecular flexibility index (Phi) is 7.60. The van der Waals surface area contributed by atoms with Crippen LogP contribution in [0.15, 0.2) is 53.6 Å². The molecule has 8 nitrogen and oxygen atoms in total. The third-order valence-electron chi connectivity index (χ3n) is 5.25. The predicted molar refractivity (Wildman–Crippen MR) is 139 cm³/mol. The van der Waals surface area contributed by atoms with E-state index in [4.69, 9.17) is 16.3 Å². The molecule has 0 spiro atoms. The normalized spacial score (nSPS) is 12.0. The SMILES string of the molecule is COc1cc(P(C)(C)=O)ccc1Nc1ncc(Cl)c(N(C)c2ccccc2S(=O)(=O)C(C)C)n1.